The van der Waals surface area contributed by atoms with Gasteiger partial charge in [0.05, 0.1) is 23.3 Å². The largest absolute Gasteiger partial charge is 0.393 e. The van der Waals surface area contributed by atoms with Gasteiger partial charge in [-0.3, -0.25) is 9.59 Å². The Morgan fingerprint density at radius 1 is 1.25 bits per heavy atom. The van der Waals surface area contributed by atoms with Gasteiger partial charge in [0.2, 0.25) is 0 Å². The summed E-state index contributed by atoms with van der Waals surface area (Å²) in [5.74, 6) is -0.203. The molecule has 1 aliphatic rings. The van der Waals surface area contributed by atoms with E-state index in [2.05, 4.69) is 0 Å². The number of aromatic nitrogens is 1. The van der Waals surface area contributed by atoms with E-state index in [1.807, 2.05) is 24.3 Å². The first kappa shape index (κ1) is 16.7. The Hall–Kier alpha value is -2.18. The lowest BCUT2D eigenvalue weighted by Crippen LogP contribution is -2.37. The lowest BCUT2D eigenvalue weighted by molar-refractivity contribution is -0.0250. The first-order valence-corrected chi connectivity index (χ1v) is 8.16. The van der Waals surface area contributed by atoms with Crippen molar-refractivity contribution in [2.24, 2.45) is 7.05 Å². The average molecular weight is 330 g/mol. The number of likely N-dealkylation sites (tertiary alicyclic amines) is 1. The third kappa shape index (κ3) is 2.95. The molecule has 2 aromatic rings. The number of rotatable bonds is 2. The van der Waals surface area contributed by atoms with Crippen molar-refractivity contribution in [3.8, 4) is 0 Å². The number of aryl methyl sites for hydroxylation is 1. The third-order valence-electron chi connectivity index (χ3n) is 4.88. The van der Waals surface area contributed by atoms with Crippen molar-refractivity contribution in [1.29, 1.82) is 0 Å². The number of benzene rings is 1. The van der Waals surface area contributed by atoms with Gasteiger partial charge in [0, 0.05) is 31.6 Å². The van der Waals surface area contributed by atoms with Crippen LogP contribution in [0.1, 0.15) is 29.6 Å². The van der Waals surface area contributed by atoms with E-state index in [1.165, 1.54) is 10.6 Å². The molecule has 0 spiro atoms. The standard InChI is InChI=1S/C18H22N2O4/c1-19-15-6-3-2-5-13(15)14(11-16(19)22)17(23)20-9-4-7-18(24,12-21)8-10-20/h2-3,5-6,11,21,24H,4,7-10,12H2,1H3. The molecule has 1 saturated heterocycles. The molecule has 2 heterocycles. The van der Waals surface area contributed by atoms with Crippen LogP contribution in [0.2, 0.25) is 0 Å². The van der Waals surface area contributed by atoms with Gasteiger partial charge in [-0.05, 0) is 25.3 Å². The Labute approximate surface area is 139 Å². The lowest BCUT2D eigenvalue weighted by Gasteiger charge is -2.24. The molecule has 6 heteroatoms. The van der Waals surface area contributed by atoms with Crippen LogP contribution in [0.15, 0.2) is 35.1 Å². The number of carbonyl (C=O) groups is 1. The fourth-order valence-electron chi connectivity index (χ4n) is 3.30. The number of fused-ring (bicyclic) bond motifs is 1. The zero-order valence-electron chi connectivity index (χ0n) is 13.7. The molecule has 24 heavy (non-hydrogen) atoms. The first-order valence-electron chi connectivity index (χ1n) is 8.16. The molecule has 1 aromatic carbocycles. The molecular formula is C18H22N2O4. The van der Waals surface area contributed by atoms with Crippen LogP contribution in [0.4, 0.5) is 0 Å². The van der Waals surface area contributed by atoms with Crippen molar-refractivity contribution in [2.45, 2.75) is 24.9 Å². The molecule has 0 radical (unpaired) electrons. The Balaban J connectivity index is 1.98. The van der Waals surface area contributed by atoms with Gasteiger partial charge in [0.1, 0.15) is 0 Å². The Morgan fingerprint density at radius 2 is 2.00 bits per heavy atom. The molecule has 1 unspecified atom stereocenters. The maximum absolute atomic E-state index is 13.0. The number of hydrogen-bond donors (Lipinski definition) is 2. The van der Waals surface area contributed by atoms with Crippen molar-refractivity contribution in [3.05, 3.63) is 46.2 Å². The summed E-state index contributed by atoms with van der Waals surface area (Å²) in [5, 5.41) is 20.3. The van der Waals surface area contributed by atoms with Crippen molar-refractivity contribution >= 4 is 16.8 Å². The second kappa shape index (κ2) is 6.37. The van der Waals surface area contributed by atoms with E-state index in [0.717, 1.165) is 10.9 Å². The Bertz CT molecular complexity index is 829. The number of para-hydroxylation sites is 1. The van der Waals surface area contributed by atoms with E-state index in [1.54, 1.807) is 11.9 Å². The van der Waals surface area contributed by atoms with Crippen LogP contribution in [0, 0.1) is 0 Å². The van der Waals surface area contributed by atoms with Crippen LogP contribution in [0.3, 0.4) is 0 Å². The first-order chi connectivity index (χ1) is 11.4. The topological polar surface area (TPSA) is 82.8 Å². The van der Waals surface area contributed by atoms with Gasteiger partial charge >= 0.3 is 0 Å². The monoisotopic (exact) mass is 330 g/mol. The van der Waals surface area contributed by atoms with Gasteiger partial charge in [-0.1, -0.05) is 18.2 Å². The smallest absolute Gasteiger partial charge is 0.254 e. The minimum atomic E-state index is -1.12. The number of hydrogen-bond acceptors (Lipinski definition) is 4. The third-order valence-corrected chi connectivity index (χ3v) is 4.88. The van der Waals surface area contributed by atoms with Crippen molar-refractivity contribution in [2.75, 3.05) is 19.7 Å². The van der Waals surface area contributed by atoms with Crippen molar-refractivity contribution < 1.29 is 15.0 Å². The van der Waals surface area contributed by atoms with Gasteiger partial charge in [0.25, 0.3) is 11.5 Å². The second-order valence-corrected chi connectivity index (χ2v) is 6.50. The molecule has 2 N–H and O–H groups in total. The highest BCUT2D eigenvalue weighted by Gasteiger charge is 2.31. The van der Waals surface area contributed by atoms with Gasteiger partial charge in [0.15, 0.2) is 0 Å². The molecule has 1 amide bonds. The zero-order valence-corrected chi connectivity index (χ0v) is 13.7. The maximum atomic E-state index is 13.0. The molecule has 3 rings (SSSR count). The molecular weight excluding hydrogens is 308 g/mol. The highest BCUT2D eigenvalue weighted by Crippen LogP contribution is 2.24. The van der Waals surface area contributed by atoms with Crippen molar-refractivity contribution in [1.82, 2.24) is 9.47 Å². The summed E-state index contributed by atoms with van der Waals surface area (Å²) in [5.41, 5.74) is -0.235. The Kier molecular flexibility index (Phi) is 4.43. The number of carbonyl (C=O) groups excluding carboxylic acids is 1. The van der Waals surface area contributed by atoms with E-state index in [0.29, 0.717) is 37.9 Å². The van der Waals surface area contributed by atoms with E-state index in [9.17, 15) is 19.8 Å². The van der Waals surface area contributed by atoms with Crippen LogP contribution in [-0.4, -0.2) is 50.9 Å². The summed E-state index contributed by atoms with van der Waals surface area (Å²) in [6.45, 7) is 0.563. The van der Waals surface area contributed by atoms with Gasteiger partial charge in [-0.2, -0.15) is 0 Å². The molecule has 6 nitrogen and oxygen atoms in total. The molecule has 128 valence electrons. The maximum Gasteiger partial charge on any atom is 0.254 e. The van der Waals surface area contributed by atoms with Crippen LogP contribution in [-0.2, 0) is 7.05 Å². The summed E-state index contributed by atoms with van der Waals surface area (Å²) >= 11 is 0. The van der Waals surface area contributed by atoms with Gasteiger partial charge in [-0.25, -0.2) is 0 Å². The normalized spacial score (nSPS) is 21.7. The molecule has 0 aliphatic carbocycles. The molecule has 1 aliphatic heterocycles. The van der Waals surface area contributed by atoms with E-state index < -0.39 is 5.60 Å². The zero-order chi connectivity index (χ0) is 17.3. The summed E-state index contributed by atoms with van der Waals surface area (Å²) in [7, 11) is 1.69. The van der Waals surface area contributed by atoms with Gasteiger partial charge in [-0.15, -0.1) is 0 Å². The van der Waals surface area contributed by atoms with Gasteiger partial charge < -0.3 is 19.7 Å². The van der Waals surface area contributed by atoms with E-state index in [4.69, 9.17) is 0 Å². The predicted molar refractivity (Wildman–Crippen MR) is 91.0 cm³/mol. The van der Waals surface area contributed by atoms with Crippen LogP contribution in [0.5, 0.6) is 0 Å². The molecule has 0 bridgehead atoms. The van der Waals surface area contributed by atoms with Crippen LogP contribution < -0.4 is 5.56 Å². The van der Waals surface area contributed by atoms with Crippen LogP contribution in [0.25, 0.3) is 10.9 Å². The quantitative estimate of drug-likeness (QED) is 0.857. The van der Waals surface area contributed by atoms with Crippen molar-refractivity contribution in [3.63, 3.8) is 0 Å². The molecule has 1 aromatic heterocycles. The SMILES string of the molecule is Cn1c(=O)cc(C(=O)N2CCCC(O)(CO)CC2)c2ccccc21. The summed E-state index contributed by atoms with van der Waals surface area (Å²) in [4.78, 5) is 26.8. The fraction of sp³-hybridized carbons (Fsp3) is 0.444. The van der Waals surface area contributed by atoms with Crippen LogP contribution >= 0.6 is 0 Å². The summed E-state index contributed by atoms with van der Waals surface area (Å²) in [6.07, 6.45) is 1.41. The minimum absolute atomic E-state index is 0.203. The van der Waals surface area contributed by atoms with E-state index in [-0.39, 0.29) is 18.1 Å². The predicted octanol–water partition coefficient (Wildman–Crippen LogP) is 0.888. The fourth-order valence-corrected chi connectivity index (χ4v) is 3.30. The summed E-state index contributed by atoms with van der Waals surface area (Å²) in [6, 6.07) is 8.72. The average Bonchev–Trinajstić information content (AvgIpc) is 2.80. The molecule has 1 fully saturated rings. The number of pyridine rings is 1. The molecule has 0 saturated carbocycles. The molecule has 1 atom stereocenters. The summed E-state index contributed by atoms with van der Waals surface area (Å²) < 4.78 is 1.53. The number of aliphatic hydroxyl groups excluding tert-OH is 1. The highest BCUT2D eigenvalue weighted by atomic mass is 16.3. The Morgan fingerprint density at radius 3 is 2.75 bits per heavy atom. The number of amides is 1. The minimum Gasteiger partial charge on any atom is -0.393 e. The van der Waals surface area contributed by atoms with E-state index >= 15 is 0 Å². The highest BCUT2D eigenvalue weighted by molar-refractivity contribution is 6.06. The number of aliphatic hydroxyl groups is 2. The lowest BCUT2D eigenvalue weighted by atomic mass is 9.96. The number of nitrogens with zero attached hydrogens (tertiary/aromatic N) is 2. The second-order valence-electron chi connectivity index (χ2n) is 6.50.